The molecule has 0 heterocycles. The van der Waals surface area contributed by atoms with E-state index in [1.807, 2.05) is 0 Å². The molecule has 12 heavy (non-hydrogen) atoms. The van der Waals surface area contributed by atoms with Crippen LogP contribution in [-0.4, -0.2) is 11.8 Å². The summed E-state index contributed by atoms with van der Waals surface area (Å²) < 4.78 is 4.77. The summed E-state index contributed by atoms with van der Waals surface area (Å²) in [5, 5.41) is 0. The SMILES string of the molecule is CC(=O)O/C(C)=C1/C=CCC1=O. The topological polar surface area (TPSA) is 43.4 Å². The highest BCUT2D eigenvalue weighted by molar-refractivity contribution is 6.02. The van der Waals surface area contributed by atoms with Crippen molar-refractivity contribution in [3.8, 4) is 0 Å². The Labute approximate surface area is 70.7 Å². The molecule has 0 radical (unpaired) electrons. The highest BCUT2D eigenvalue weighted by atomic mass is 16.5. The molecule has 3 nitrogen and oxygen atoms in total. The zero-order valence-electron chi connectivity index (χ0n) is 7.09. The van der Waals surface area contributed by atoms with Crippen LogP contribution in [0.1, 0.15) is 20.3 Å². The summed E-state index contributed by atoms with van der Waals surface area (Å²) in [4.78, 5) is 21.6. The van der Waals surface area contributed by atoms with E-state index in [-0.39, 0.29) is 5.78 Å². The van der Waals surface area contributed by atoms with Crippen LogP contribution in [0.5, 0.6) is 0 Å². The molecule has 0 fully saturated rings. The maximum absolute atomic E-state index is 11.1. The third-order valence-electron chi connectivity index (χ3n) is 1.56. The lowest BCUT2D eigenvalue weighted by molar-refractivity contribution is -0.136. The monoisotopic (exact) mass is 166 g/mol. The summed E-state index contributed by atoms with van der Waals surface area (Å²) in [6.45, 7) is 2.93. The van der Waals surface area contributed by atoms with E-state index in [9.17, 15) is 9.59 Å². The van der Waals surface area contributed by atoms with E-state index in [4.69, 9.17) is 4.74 Å². The van der Waals surface area contributed by atoms with E-state index in [2.05, 4.69) is 0 Å². The lowest BCUT2D eigenvalue weighted by Gasteiger charge is -2.02. The van der Waals surface area contributed by atoms with Gasteiger partial charge in [-0.15, -0.1) is 0 Å². The Bertz CT molecular complexity index is 284. The molecule has 0 unspecified atom stereocenters. The number of ketones is 1. The average molecular weight is 166 g/mol. The summed E-state index contributed by atoms with van der Waals surface area (Å²) in [5.41, 5.74) is 0.505. The molecule has 1 aliphatic carbocycles. The Kier molecular flexibility index (Phi) is 2.43. The number of allylic oxidation sites excluding steroid dienone is 4. The van der Waals surface area contributed by atoms with E-state index in [1.54, 1.807) is 19.1 Å². The van der Waals surface area contributed by atoms with Gasteiger partial charge in [0.15, 0.2) is 5.78 Å². The van der Waals surface area contributed by atoms with Crippen molar-refractivity contribution in [1.82, 2.24) is 0 Å². The summed E-state index contributed by atoms with van der Waals surface area (Å²) in [7, 11) is 0. The quantitative estimate of drug-likeness (QED) is 0.335. The van der Waals surface area contributed by atoms with Gasteiger partial charge < -0.3 is 4.74 Å². The van der Waals surface area contributed by atoms with Crippen molar-refractivity contribution in [2.45, 2.75) is 20.3 Å². The molecule has 64 valence electrons. The van der Waals surface area contributed by atoms with Crippen LogP contribution in [0.4, 0.5) is 0 Å². The fourth-order valence-corrected chi connectivity index (χ4v) is 1.07. The number of hydrogen-bond donors (Lipinski definition) is 0. The first-order chi connectivity index (χ1) is 5.61. The number of carbonyl (C=O) groups excluding carboxylic acids is 2. The molecule has 0 atom stereocenters. The maximum Gasteiger partial charge on any atom is 0.307 e. The molecule has 0 aromatic rings. The van der Waals surface area contributed by atoms with Crippen molar-refractivity contribution in [1.29, 1.82) is 0 Å². The number of hydrogen-bond acceptors (Lipinski definition) is 3. The minimum absolute atomic E-state index is 0.00810. The van der Waals surface area contributed by atoms with Crippen LogP contribution in [0, 0.1) is 0 Å². The van der Waals surface area contributed by atoms with Crippen molar-refractivity contribution in [3.63, 3.8) is 0 Å². The molecule has 0 amide bonds. The second kappa shape index (κ2) is 3.34. The van der Waals surface area contributed by atoms with Crippen LogP contribution in [0.25, 0.3) is 0 Å². The van der Waals surface area contributed by atoms with Crippen molar-refractivity contribution in [2.75, 3.05) is 0 Å². The molecule has 1 rings (SSSR count). The molecule has 3 heteroatoms. The van der Waals surface area contributed by atoms with Crippen LogP contribution in [0.15, 0.2) is 23.5 Å². The number of ether oxygens (including phenoxy) is 1. The van der Waals surface area contributed by atoms with Crippen molar-refractivity contribution in [2.24, 2.45) is 0 Å². The predicted molar refractivity (Wildman–Crippen MR) is 43.2 cm³/mol. The molecule has 0 saturated carbocycles. The van der Waals surface area contributed by atoms with Gasteiger partial charge in [0.2, 0.25) is 0 Å². The Morgan fingerprint density at radius 3 is 2.58 bits per heavy atom. The van der Waals surface area contributed by atoms with E-state index < -0.39 is 5.97 Å². The second-order valence-electron chi connectivity index (χ2n) is 2.59. The highest BCUT2D eigenvalue weighted by Gasteiger charge is 2.15. The molecule has 0 aromatic heterocycles. The normalized spacial score (nSPS) is 19.7. The smallest absolute Gasteiger partial charge is 0.307 e. The van der Waals surface area contributed by atoms with Gasteiger partial charge in [0, 0.05) is 13.3 Å². The van der Waals surface area contributed by atoms with Crippen LogP contribution in [0.3, 0.4) is 0 Å². The second-order valence-corrected chi connectivity index (χ2v) is 2.59. The third-order valence-corrected chi connectivity index (χ3v) is 1.56. The largest absolute Gasteiger partial charge is 0.431 e. The van der Waals surface area contributed by atoms with Gasteiger partial charge >= 0.3 is 5.97 Å². The summed E-state index contributed by atoms with van der Waals surface area (Å²) in [6, 6.07) is 0. The van der Waals surface area contributed by atoms with Gasteiger partial charge in [-0.2, -0.15) is 0 Å². The lowest BCUT2D eigenvalue weighted by Crippen LogP contribution is -2.02. The average Bonchev–Trinajstić information content (AvgIpc) is 2.33. The van der Waals surface area contributed by atoms with Crippen molar-refractivity contribution < 1.29 is 14.3 Å². The van der Waals surface area contributed by atoms with Crippen LogP contribution in [0.2, 0.25) is 0 Å². The van der Waals surface area contributed by atoms with Crippen LogP contribution in [-0.2, 0) is 14.3 Å². The number of Topliss-reactive ketones (excluding diaryl/α,β-unsaturated/α-hetero) is 1. The zero-order valence-corrected chi connectivity index (χ0v) is 7.09. The molecule has 0 saturated heterocycles. The molecule has 0 spiro atoms. The maximum atomic E-state index is 11.1. The van der Waals surface area contributed by atoms with E-state index >= 15 is 0 Å². The number of esters is 1. The van der Waals surface area contributed by atoms with Gasteiger partial charge in [0.05, 0.1) is 5.57 Å². The van der Waals surface area contributed by atoms with Gasteiger partial charge in [0.25, 0.3) is 0 Å². The summed E-state index contributed by atoms with van der Waals surface area (Å²) in [6.07, 6.45) is 3.85. The summed E-state index contributed by atoms with van der Waals surface area (Å²) in [5.74, 6) is 0.00287. The Hall–Kier alpha value is -1.38. The van der Waals surface area contributed by atoms with Gasteiger partial charge in [-0.25, -0.2) is 0 Å². The Balaban J connectivity index is 2.82. The summed E-state index contributed by atoms with van der Waals surface area (Å²) >= 11 is 0. The van der Waals surface area contributed by atoms with E-state index in [1.165, 1.54) is 6.92 Å². The molecule has 0 N–H and O–H groups in total. The van der Waals surface area contributed by atoms with Gasteiger partial charge in [-0.1, -0.05) is 12.2 Å². The fraction of sp³-hybridized carbons (Fsp3) is 0.333. The number of rotatable bonds is 1. The molecule has 0 aliphatic heterocycles. The molecule has 0 aromatic carbocycles. The molecule has 1 aliphatic rings. The van der Waals surface area contributed by atoms with Crippen LogP contribution < -0.4 is 0 Å². The lowest BCUT2D eigenvalue weighted by atomic mass is 10.2. The van der Waals surface area contributed by atoms with Crippen LogP contribution >= 0.6 is 0 Å². The van der Waals surface area contributed by atoms with Gasteiger partial charge in [0.1, 0.15) is 5.76 Å². The standard InChI is InChI=1S/C9H10O3/c1-6(12-7(2)10)8-4-3-5-9(8)11/h3-4H,5H2,1-2H3/b8-6-. The van der Waals surface area contributed by atoms with E-state index in [0.717, 1.165) is 0 Å². The fourth-order valence-electron chi connectivity index (χ4n) is 1.07. The Morgan fingerprint density at radius 2 is 2.17 bits per heavy atom. The Morgan fingerprint density at radius 1 is 1.50 bits per heavy atom. The highest BCUT2D eigenvalue weighted by Crippen LogP contribution is 2.16. The zero-order chi connectivity index (χ0) is 9.14. The number of carbonyl (C=O) groups is 2. The first kappa shape index (κ1) is 8.71. The predicted octanol–water partition coefficient (Wildman–Crippen LogP) is 1.35. The van der Waals surface area contributed by atoms with Gasteiger partial charge in [-0.3, -0.25) is 9.59 Å². The minimum atomic E-state index is -0.395. The van der Waals surface area contributed by atoms with E-state index in [0.29, 0.717) is 17.8 Å². The third kappa shape index (κ3) is 1.81. The first-order valence-corrected chi connectivity index (χ1v) is 3.70. The molecule has 0 bridgehead atoms. The van der Waals surface area contributed by atoms with Crippen molar-refractivity contribution in [3.05, 3.63) is 23.5 Å². The van der Waals surface area contributed by atoms with Crippen molar-refractivity contribution >= 4 is 11.8 Å². The minimum Gasteiger partial charge on any atom is -0.431 e. The van der Waals surface area contributed by atoms with Gasteiger partial charge in [-0.05, 0) is 6.92 Å². The molecular formula is C9H10O3. The first-order valence-electron chi connectivity index (χ1n) is 3.70. The molecular weight excluding hydrogens is 156 g/mol.